The molecular weight excluding hydrogens is 260 g/mol. The molecule has 1 fully saturated rings. The largest absolute Gasteiger partial charge is 0.316 e. The maximum absolute atomic E-state index is 4.54. The molecule has 0 radical (unpaired) electrons. The Labute approximate surface area is 129 Å². The van der Waals surface area contributed by atoms with E-state index in [0.29, 0.717) is 17.4 Å². The summed E-state index contributed by atoms with van der Waals surface area (Å²) >= 11 is 0. The molecule has 0 amide bonds. The number of aromatic nitrogens is 3. The van der Waals surface area contributed by atoms with E-state index in [1.165, 1.54) is 37.9 Å². The van der Waals surface area contributed by atoms with Crippen LogP contribution in [0.25, 0.3) is 0 Å². The van der Waals surface area contributed by atoms with Crippen LogP contribution in [-0.2, 0) is 6.42 Å². The molecule has 0 saturated heterocycles. The molecule has 1 aromatic heterocycles. The molecule has 1 aliphatic rings. The Balaban J connectivity index is 2.06. The van der Waals surface area contributed by atoms with Crippen molar-refractivity contribution in [2.75, 3.05) is 13.1 Å². The summed E-state index contributed by atoms with van der Waals surface area (Å²) in [5.41, 5.74) is 0.382. The normalized spacial score (nSPS) is 18.6. The number of hydrogen-bond donors (Lipinski definition) is 1. The lowest BCUT2D eigenvalue weighted by atomic mass is 9.71. The van der Waals surface area contributed by atoms with Gasteiger partial charge in [-0.3, -0.25) is 0 Å². The second-order valence-electron chi connectivity index (χ2n) is 7.48. The zero-order valence-corrected chi connectivity index (χ0v) is 14.2. The van der Waals surface area contributed by atoms with Gasteiger partial charge in [0.2, 0.25) is 0 Å². The fraction of sp³-hybridized carbons (Fsp3) is 0.882. The summed E-state index contributed by atoms with van der Waals surface area (Å²) in [7, 11) is 0. The van der Waals surface area contributed by atoms with E-state index in [2.05, 4.69) is 47.8 Å². The van der Waals surface area contributed by atoms with Crippen LogP contribution in [0.5, 0.6) is 0 Å². The first-order valence-electron chi connectivity index (χ1n) is 8.61. The SMILES string of the molecule is CC(C)CNCC1(Cc2ncnn2C(C)C)CCCCC1. The fourth-order valence-corrected chi connectivity index (χ4v) is 3.51. The lowest BCUT2D eigenvalue weighted by Crippen LogP contribution is -2.40. The lowest BCUT2D eigenvalue weighted by Gasteiger charge is -2.37. The van der Waals surface area contributed by atoms with Crippen molar-refractivity contribution in [1.29, 1.82) is 0 Å². The molecule has 0 spiro atoms. The van der Waals surface area contributed by atoms with Gasteiger partial charge in [0, 0.05) is 19.0 Å². The third kappa shape index (κ3) is 4.53. The third-order valence-electron chi connectivity index (χ3n) is 4.64. The molecule has 0 unspecified atom stereocenters. The van der Waals surface area contributed by atoms with Crippen molar-refractivity contribution >= 4 is 0 Å². The van der Waals surface area contributed by atoms with E-state index in [0.717, 1.165) is 19.5 Å². The van der Waals surface area contributed by atoms with E-state index in [4.69, 9.17) is 0 Å². The van der Waals surface area contributed by atoms with Crippen LogP contribution < -0.4 is 5.32 Å². The Morgan fingerprint density at radius 3 is 2.52 bits per heavy atom. The minimum atomic E-state index is 0.382. The van der Waals surface area contributed by atoms with Gasteiger partial charge in [0.1, 0.15) is 12.2 Å². The summed E-state index contributed by atoms with van der Waals surface area (Å²) in [6.07, 6.45) is 9.54. The summed E-state index contributed by atoms with van der Waals surface area (Å²) < 4.78 is 2.10. The standard InChI is InChI=1S/C17H32N4/c1-14(2)11-18-12-17(8-6-5-7-9-17)10-16-19-13-20-21(16)15(3)4/h13-15,18H,5-12H2,1-4H3. The monoisotopic (exact) mass is 292 g/mol. The summed E-state index contributed by atoms with van der Waals surface area (Å²) in [4.78, 5) is 4.54. The number of nitrogens with one attached hydrogen (secondary N) is 1. The fourth-order valence-electron chi connectivity index (χ4n) is 3.51. The van der Waals surface area contributed by atoms with Crippen molar-refractivity contribution in [3.05, 3.63) is 12.2 Å². The molecule has 1 saturated carbocycles. The summed E-state index contributed by atoms with van der Waals surface area (Å²) in [6, 6.07) is 0.395. The highest BCUT2D eigenvalue weighted by Crippen LogP contribution is 2.38. The van der Waals surface area contributed by atoms with Crippen molar-refractivity contribution in [2.45, 2.75) is 72.3 Å². The Morgan fingerprint density at radius 1 is 1.19 bits per heavy atom. The van der Waals surface area contributed by atoms with Crippen molar-refractivity contribution in [1.82, 2.24) is 20.1 Å². The van der Waals surface area contributed by atoms with Gasteiger partial charge < -0.3 is 5.32 Å². The van der Waals surface area contributed by atoms with Gasteiger partial charge in [-0.2, -0.15) is 5.10 Å². The molecule has 0 aromatic carbocycles. The molecule has 1 N–H and O–H groups in total. The average Bonchev–Trinajstić information content (AvgIpc) is 2.87. The van der Waals surface area contributed by atoms with Crippen molar-refractivity contribution in [2.24, 2.45) is 11.3 Å². The predicted molar refractivity (Wildman–Crippen MR) is 87.3 cm³/mol. The lowest BCUT2D eigenvalue weighted by molar-refractivity contribution is 0.172. The van der Waals surface area contributed by atoms with Crippen LogP contribution in [-0.4, -0.2) is 27.9 Å². The van der Waals surface area contributed by atoms with E-state index in [-0.39, 0.29) is 0 Å². The Bertz CT molecular complexity index is 416. The zero-order chi connectivity index (χ0) is 15.3. The Morgan fingerprint density at radius 2 is 1.90 bits per heavy atom. The van der Waals surface area contributed by atoms with Gasteiger partial charge >= 0.3 is 0 Å². The molecule has 21 heavy (non-hydrogen) atoms. The molecular formula is C17H32N4. The molecule has 4 heteroatoms. The molecule has 4 nitrogen and oxygen atoms in total. The quantitative estimate of drug-likeness (QED) is 0.835. The number of nitrogens with zero attached hydrogens (tertiary/aromatic N) is 3. The van der Waals surface area contributed by atoms with Gasteiger partial charge in [-0.05, 0) is 44.6 Å². The molecule has 1 aromatic rings. The van der Waals surface area contributed by atoms with Crippen molar-refractivity contribution < 1.29 is 0 Å². The first kappa shape index (κ1) is 16.5. The Hall–Kier alpha value is -0.900. The van der Waals surface area contributed by atoms with Crippen LogP contribution in [0.2, 0.25) is 0 Å². The first-order valence-corrected chi connectivity index (χ1v) is 8.61. The molecule has 0 atom stereocenters. The van der Waals surface area contributed by atoms with Gasteiger partial charge in [-0.25, -0.2) is 9.67 Å². The van der Waals surface area contributed by atoms with E-state index in [1.54, 1.807) is 6.33 Å². The second-order valence-corrected chi connectivity index (χ2v) is 7.48. The van der Waals surface area contributed by atoms with Crippen LogP contribution >= 0.6 is 0 Å². The molecule has 1 aliphatic carbocycles. The van der Waals surface area contributed by atoms with Crippen LogP contribution in [0.4, 0.5) is 0 Å². The minimum absolute atomic E-state index is 0.382. The van der Waals surface area contributed by atoms with Crippen LogP contribution in [0.15, 0.2) is 6.33 Å². The minimum Gasteiger partial charge on any atom is -0.316 e. The van der Waals surface area contributed by atoms with Gasteiger partial charge in [-0.1, -0.05) is 33.1 Å². The summed E-state index contributed by atoms with van der Waals surface area (Å²) in [6.45, 7) is 11.1. The highest BCUT2D eigenvalue weighted by Gasteiger charge is 2.33. The van der Waals surface area contributed by atoms with Gasteiger partial charge in [0.15, 0.2) is 0 Å². The van der Waals surface area contributed by atoms with Crippen LogP contribution in [0.3, 0.4) is 0 Å². The molecule has 0 aliphatic heterocycles. The Kier molecular flexibility index (Phi) is 5.80. The van der Waals surface area contributed by atoms with Gasteiger partial charge in [0.25, 0.3) is 0 Å². The topological polar surface area (TPSA) is 42.7 Å². The molecule has 1 heterocycles. The van der Waals surface area contributed by atoms with Gasteiger partial charge in [0.05, 0.1) is 0 Å². The van der Waals surface area contributed by atoms with E-state index in [1.807, 2.05) is 0 Å². The first-order chi connectivity index (χ1) is 10.0. The van der Waals surface area contributed by atoms with Gasteiger partial charge in [-0.15, -0.1) is 0 Å². The highest BCUT2D eigenvalue weighted by atomic mass is 15.3. The van der Waals surface area contributed by atoms with E-state index >= 15 is 0 Å². The summed E-state index contributed by atoms with van der Waals surface area (Å²) in [5, 5.41) is 8.11. The number of hydrogen-bond acceptors (Lipinski definition) is 3. The third-order valence-corrected chi connectivity index (χ3v) is 4.64. The highest BCUT2D eigenvalue weighted by molar-refractivity contribution is 4.97. The van der Waals surface area contributed by atoms with Crippen LogP contribution in [0.1, 0.15) is 71.7 Å². The molecule has 0 bridgehead atoms. The smallest absolute Gasteiger partial charge is 0.138 e. The zero-order valence-electron chi connectivity index (χ0n) is 14.2. The van der Waals surface area contributed by atoms with E-state index in [9.17, 15) is 0 Å². The average molecular weight is 292 g/mol. The van der Waals surface area contributed by atoms with Crippen molar-refractivity contribution in [3.63, 3.8) is 0 Å². The molecule has 2 rings (SSSR count). The van der Waals surface area contributed by atoms with E-state index < -0.39 is 0 Å². The number of rotatable bonds is 7. The van der Waals surface area contributed by atoms with Crippen molar-refractivity contribution in [3.8, 4) is 0 Å². The summed E-state index contributed by atoms with van der Waals surface area (Å²) in [5.74, 6) is 1.88. The maximum atomic E-state index is 4.54. The maximum Gasteiger partial charge on any atom is 0.138 e. The van der Waals surface area contributed by atoms with Crippen LogP contribution in [0, 0.1) is 11.3 Å². The molecule has 120 valence electrons. The second kappa shape index (κ2) is 7.39. The predicted octanol–water partition coefficient (Wildman–Crippen LogP) is 3.60.